The van der Waals surface area contributed by atoms with E-state index in [1.165, 1.54) is 17.8 Å². The summed E-state index contributed by atoms with van der Waals surface area (Å²) in [6.07, 6.45) is 3.32. The lowest BCUT2D eigenvalue weighted by Gasteiger charge is -2.15. The van der Waals surface area contributed by atoms with Crippen molar-refractivity contribution in [3.63, 3.8) is 0 Å². The largest absolute Gasteiger partial charge is 0.508 e. The summed E-state index contributed by atoms with van der Waals surface area (Å²) in [5, 5.41) is 10.6. The number of unbranched alkanes of at least 4 members (excludes halogenated alkanes) is 1. The number of carbonyl (C=O) groups excluding carboxylic acids is 2. The Kier molecular flexibility index (Phi) is 8.82. The molecule has 0 spiro atoms. The first-order chi connectivity index (χ1) is 19.4. The standard InChI is InChI=1S/C33H35NO5S/c1-3-4-5-30(36)39-27-14-15-28-29(20-27)40-33(24-6-10-25(35)11-7-24)31(28)32(37)23-8-12-26(13-9-23)38-19-18-34-17-16-22(2)21-34/h6-15,20,22,35H,3-5,16-19,21H2,1-2H3. The molecule has 1 unspecified atom stereocenters. The molecule has 0 radical (unpaired) electrons. The molecule has 7 heteroatoms. The van der Waals surface area contributed by atoms with E-state index >= 15 is 0 Å². The zero-order chi connectivity index (χ0) is 28.1. The Bertz CT molecular complexity index is 1480. The van der Waals surface area contributed by atoms with E-state index in [2.05, 4.69) is 11.8 Å². The fourth-order valence-corrected chi connectivity index (χ4v) is 6.29. The van der Waals surface area contributed by atoms with E-state index in [0.717, 1.165) is 64.7 Å². The van der Waals surface area contributed by atoms with Gasteiger partial charge in [0.1, 0.15) is 23.9 Å². The van der Waals surface area contributed by atoms with E-state index in [9.17, 15) is 14.7 Å². The Morgan fingerprint density at radius 3 is 2.48 bits per heavy atom. The van der Waals surface area contributed by atoms with Crippen LogP contribution in [0, 0.1) is 5.92 Å². The number of hydrogen-bond donors (Lipinski definition) is 1. The molecule has 1 atom stereocenters. The summed E-state index contributed by atoms with van der Waals surface area (Å²) in [7, 11) is 0. The van der Waals surface area contributed by atoms with Crippen LogP contribution >= 0.6 is 11.3 Å². The lowest BCUT2D eigenvalue weighted by atomic mass is 9.97. The number of carbonyl (C=O) groups is 2. The van der Waals surface area contributed by atoms with Gasteiger partial charge >= 0.3 is 5.97 Å². The molecule has 40 heavy (non-hydrogen) atoms. The number of nitrogens with zero attached hydrogens (tertiary/aromatic N) is 1. The minimum atomic E-state index is -0.259. The molecule has 0 aliphatic carbocycles. The second-order valence-electron chi connectivity index (χ2n) is 10.5. The van der Waals surface area contributed by atoms with Gasteiger partial charge in [-0.2, -0.15) is 0 Å². The number of phenolic OH excluding ortho intramolecular Hbond substituents is 1. The van der Waals surface area contributed by atoms with Crippen molar-refractivity contribution in [2.24, 2.45) is 5.92 Å². The Balaban J connectivity index is 1.39. The molecule has 1 aromatic heterocycles. The smallest absolute Gasteiger partial charge is 0.311 e. The van der Waals surface area contributed by atoms with Gasteiger partial charge in [-0.15, -0.1) is 11.3 Å². The molecule has 6 nitrogen and oxygen atoms in total. The summed E-state index contributed by atoms with van der Waals surface area (Å²) in [6, 6.07) is 19.6. The fraction of sp³-hybridized carbons (Fsp3) is 0.333. The highest BCUT2D eigenvalue weighted by Crippen LogP contribution is 2.41. The van der Waals surface area contributed by atoms with Crippen LogP contribution in [0.25, 0.3) is 20.5 Å². The highest BCUT2D eigenvalue weighted by Gasteiger charge is 2.23. The summed E-state index contributed by atoms with van der Waals surface area (Å²) in [4.78, 5) is 29.3. The van der Waals surface area contributed by atoms with Crippen LogP contribution in [0.1, 0.15) is 55.5 Å². The van der Waals surface area contributed by atoms with Gasteiger partial charge in [0.2, 0.25) is 0 Å². The van der Waals surface area contributed by atoms with E-state index in [-0.39, 0.29) is 17.5 Å². The normalized spacial score (nSPS) is 15.4. The number of fused-ring (bicyclic) bond motifs is 1. The lowest BCUT2D eigenvalue weighted by molar-refractivity contribution is -0.134. The van der Waals surface area contributed by atoms with Crippen molar-refractivity contribution in [2.45, 2.75) is 39.5 Å². The molecule has 3 aromatic carbocycles. The number of ketones is 1. The van der Waals surface area contributed by atoms with Crippen molar-refractivity contribution < 1.29 is 24.2 Å². The Hall–Kier alpha value is -3.68. The minimum Gasteiger partial charge on any atom is -0.508 e. The molecular formula is C33H35NO5S. The maximum atomic E-state index is 13.9. The number of benzene rings is 3. The van der Waals surface area contributed by atoms with Gasteiger partial charge in [0, 0.05) is 45.6 Å². The molecule has 4 aromatic rings. The number of esters is 1. The first kappa shape index (κ1) is 27.9. The van der Waals surface area contributed by atoms with E-state index in [4.69, 9.17) is 9.47 Å². The van der Waals surface area contributed by atoms with Crippen LogP contribution in [-0.4, -0.2) is 48.0 Å². The highest BCUT2D eigenvalue weighted by molar-refractivity contribution is 7.22. The molecule has 1 aliphatic rings. The van der Waals surface area contributed by atoms with Gasteiger partial charge in [-0.1, -0.05) is 20.3 Å². The van der Waals surface area contributed by atoms with Gasteiger partial charge in [-0.05, 0) is 97.6 Å². The van der Waals surface area contributed by atoms with Gasteiger partial charge < -0.3 is 14.6 Å². The molecule has 208 valence electrons. The van der Waals surface area contributed by atoms with Gasteiger partial charge in [-0.3, -0.25) is 14.5 Å². The number of hydrogen-bond acceptors (Lipinski definition) is 7. The van der Waals surface area contributed by atoms with Crippen molar-refractivity contribution in [2.75, 3.05) is 26.2 Å². The Labute approximate surface area is 239 Å². The minimum absolute atomic E-state index is 0.0976. The zero-order valence-electron chi connectivity index (χ0n) is 23.0. The summed E-state index contributed by atoms with van der Waals surface area (Å²) >= 11 is 1.47. The average Bonchev–Trinajstić information content (AvgIpc) is 3.55. The Morgan fingerprint density at radius 2 is 1.77 bits per heavy atom. The highest BCUT2D eigenvalue weighted by atomic mass is 32.1. The predicted octanol–water partition coefficient (Wildman–Crippen LogP) is 7.32. The number of aromatic hydroxyl groups is 1. The maximum Gasteiger partial charge on any atom is 0.311 e. The molecule has 0 saturated carbocycles. The zero-order valence-corrected chi connectivity index (χ0v) is 23.8. The number of likely N-dealkylation sites (tertiary alicyclic amines) is 1. The van der Waals surface area contributed by atoms with Crippen molar-refractivity contribution >= 4 is 33.2 Å². The van der Waals surface area contributed by atoms with Crippen LogP contribution in [0.15, 0.2) is 66.7 Å². The number of rotatable bonds is 11. The second kappa shape index (κ2) is 12.7. The van der Waals surface area contributed by atoms with Crippen molar-refractivity contribution in [1.82, 2.24) is 4.90 Å². The average molecular weight is 558 g/mol. The van der Waals surface area contributed by atoms with Gasteiger partial charge in [0.15, 0.2) is 5.78 Å². The first-order valence-electron chi connectivity index (χ1n) is 14.0. The van der Waals surface area contributed by atoms with E-state index in [1.807, 2.05) is 43.3 Å². The molecule has 0 amide bonds. The van der Waals surface area contributed by atoms with Crippen molar-refractivity contribution in [3.8, 4) is 27.7 Å². The third-order valence-electron chi connectivity index (χ3n) is 7.28. The third-order valence-corrected chi connectivity index (χ3v) is 8.49. The maximum absolute atomic E-state index is 13.9. The predicted molar refractivity (Wildman–Crippen MR) is 160 cm³/mol. The SMILES string of the molecule is CCCCC(=O)Oc1ccc2c(C(=O)c3ccc(OCCN4CCC(C)C4)cc3)c(-c3ccc(O)cc3)sc2c1. The molecule has 1 fully saturated rings. The summed E-state index contributed by atoms with van der Waals surface area (Å²) in [5.74, 6) is 1.76. The fourth-order valence-electron chi connectivity index (χ4n) is 5.05. The van der Waals surface area contributed by atoms with Crippen LogP contribution in [0.4, 0.5) is 0 Å². The van der Waals surface area contributed by atoms with Gasteiger partial charge in [-0.25, -0.2) is 0 Å². The monoisotopic (exact) mass is 557 g/mol. The lowest BCUT2D eigenvalue weighted by Crippen LogP contribution is -2.25. The molecule has 1 N–H and O–H groups in total. The molecule has 0 bridgehead atoms. The summed E-state index contributed by atoms with van der Waals surface area (Å²) in [6.45, 7) is 8.08. The summed E-state index contributed by atoms with van der Waals surface area (Å²) < 4.78 is 12.4. The van der Waals surface area contributed by atoms with Crippen LogP contribution in [-0.2, 0) is 4.79 Å². The van der Waals surface area contributed by atoms with Gasteiger partial charge in [0.25, 0.3) is 0 Å². The van der Waals surface area contributed by atoms with Gasteiger partial charge in [0.05, 0.1) is 0 Å². The molecule has 2 heterocycles. The molecular weight excluding hydrogens is 522 g/mol. The van der Waals surface area contributed by atoms with Crippen LogP contribution in [0.2, 0.25) is 0 Å². The summed E-state index contributed by atoms with van der Waals surface area (Å²) in [5.41, 5.74) is 1.99. The van der Waals surface area contributed by atoms with E-state index < -0.39 is 0 Å². The number of phenols is 1. The topological polar surface area (TPSA) is 76.1 Å². The van der Waals surface area contributed by atoms with Crippen molar-refractivity contribution in [1.29, 1.82) is 0 Å². The van der Waals surface area contributed by atoms with Crippen molar-refractivity contribution in [3.05, 3.63) is 77.9 Å². The number of thiophene rings is 1. The molecule has 1 aliphatic heterocycles. The molecule has 5 rings (SSSR count). The molecule has 1 saturated heterocycles. The van der Waals surface area contributed by atoms with E-state index in [0.29, 0.717) is 29.9 Å². The second-order valence-corrected chi connectivity index (χ2v) is 11.5. The quantitative estimate of drug-likeness (QED) is 0.118. The Morgan fingerprint density at radius 1 is 1.02 bits per heavy atom. The van der Waals surface area contributed by atoms with Crippen LogP contribution in [0.5, 0.6) is 17.2 Å². The van der Waals surface area contributed by atoms with Crippen LogP contribution in [0.3, 0.4) is 0 Å². The third kappa shape index (κ3) is 6.54. The van der Waals surface area contributed by atoms with E-state index in [1.54, 1.807) is 30.3 Å². The number of ether oxygens (including phenoxy) is 2. The first-order valence-corrected chi connectivity index (χ1v) is 14.8. The van der Waals surface area contributed by atoms with Crippen LogP contribution < -0.4 is 9.47 Å².